The molecule has 0 amide bonds. The largest absolute Gasteiger partial charge is 0.472 e. The Kier molecular flexibility index (Phi) is 39.8. The van der Waals surface area contributed by atoms with Crippen LogP contribution in [0.1, 0.15) is 123 Å². The molecule has 14 nitrogen and oxygen atoms in total. The molecule has 0 rings (SSSR count). The highest BCUT2D eigenvalue weighted by atomic mass is 31.2. The maximum absolute atomic E-state index is 12.7. The number of hydrogen-bond donors (Lipinski definition) is 5. The molecule has 5 N–H and O–H groups in total. The van der Waals surface area contributed by atoms with Crippen LogP contribution in [0.15, 0.2) is 122 Å². The zero-order valence-electron chi connectivity index (χ0n) is 37.9. The Labute approximate surface area is 382 Å². The summed E-state index contributed by atoms with van der Waals surface area (Å²) in [6.07, 6.45) is 49.9. The number of phosphoric acid groups is 2. The first-order valence-corrected chi connectivity index (χ1v) is 25.3. The summed E-state index contributed by atoms with van der Waals surface area (Å²) in [4.78, 5) is 52.7. The molecule has 0 fully saturated rings. The molecule has 4 atom stereocenters. The van der Waals surface area contributed by atoms with Gasteiger partial charge in [0.2, 0.25) is 0 Å². The molecule has 0 aromatic heterocycles. The number of esters is 2. The van der Waals surface area contributed by atoms with Gasteiger partial charge in [0.05, 0.1) is 25.9 Å². The lowest BCUT2D eigenvalue weighted by molar-refractivity contribution is -0.161. The summed E-state index contributed by atoms with van der Waals surface area (Å²) in [6.45, 7) is 1.26. The van der Waals surface area contributed by atoms with E-state index in [0.29, 0.717) is 32.1 Å². The van der Waals surface area contributed by atoms with Crippen molar-refractivity contribution in [1.29, 1.82) is 0 Å². The molecule has 0 saturated carbocycles. The third-order valence-corrected chi connectivity index (χ3v) is 9.83. The van der Waals surface area contributed by atoms with E-state index in [4.69, 9.17) is 23.8 Å². The van der Waals surface area contributed by atoms with E-state index in [-0.39, 0.29) is 18.9 Å². The molecular formula is C48H76O14P2. The maximum Gasteiger partial charge on any atom is 0.472 e. The fraction of sp³-hybridized carbons (Fsp3) is 0.542. The van der Waals surface area contributed by atoms with Gasteiger partial charge in [-0.3, -0.25) is 23.2 Å². The van der Waals surface area contributed by atoms with Gasteiger partial charge in [0.25, 0.3) is 0 Å². The van der Waals surface area contributed by atoms with Crippen molar-refractivity contribution >= 4 is 27.6 Å². The highest BCUT2D eigenvalue weighted by molar-refractivity contribution is 7.47. The van der Waals surface area contributed by atoms with Gasteiger partial charge >= 0.3 is 27.6 Å². The monoisotopic (exact) mass is 938 g/mol. The van der Waals surface area contributed by atoms with Crippen LogP contribution in [-0.2, 0) is 41.8 Å². The fourth-order valence-electron chi connectivity index (χ4n) is 5.09. The number of carbonyl (C=O) groups is 2. The molecule has 64 heavy (non-hydrogen) atoms. The summed E-state index contributed by atoms with van der Waals surface area (Å²) in [5, 5.41) is 19.5. The van der Waals surface area contributed by atoms with E-state index < -0.39 is 66.2 Å². The highest BCUT2D eigenvalue weighted by Gasteiger charge is 2.28. The summed E-state index contributed by atoms with van der Waals surface area (Å²) >= 11 is 0. The van der Waals surface area contributed by atoms with Crippen LogP contribution in [0.25, 0.3) is 0 Å². The van der Waals surface area contributed by atoms with E-state index in [0.717, 1.165) is 64.2 Å². The Bertz CT molecular complexity index is 1600. The Balaban J connectivity index is 4.76. The van der Waals surface area contributed by atoms with Crippen LogP contribution in [0, 0.1) is 0 Å². The molecule has 0 aliphatic heterocycles. The lowest BCUT2D eigenvalue weighted by atomic mass is 10.1. The van der Waals surface area contributed by atoms with Crippen LogP contribution in [0.3, 0.4) is 0 Å². The summed E-state index contributed by atoms with van der Waals surface area (Å²) in [6, 6.07) is 0. The second-order valence-corrected chi connectivity index (χ2v) is 17.1. The summed E-state index contributed by atoms with van der Waals surface area (Å²) in [5.41, 5.74) is 0. The average Bonchev–Trinajstić information content (AvgIpc) is 3.25. The van der Waals surface area contributed by atoms with Gasteiger partial charge in [-0.25, -0.2) is 9.13 Å². The van der Waals surface area contributed by atoms with Crippen LogP contribution in [0.5, 0.6) is 0 Å². The Hall–Kier alpha value is -3.52. The van der Waals surface area contributed by atoms with Crippen molar-refractivity contribution in [3.05, 3.63) is 122 Å². The van der Waals surface area contributed by atoms with Gasteiger partial charge < -0.3 is 34.4 Å². The molecule has 0 aliphatic carbocycles. The van der Waals surface area contributed by atoms with Gasteiger partial charge in [-0.2, -0.15) is 0 Å². The number of aliphatic hydroxyl groups excluding tert-OH is 2. The molecule has 0 saturated heterocycles. The van der Waals surface area contributed by atoms with Crippen molar-refractivity contribution in [3.63, 3.8) is 0 Å². The molecule has 0 heterocycles. The minimum absolute atomic E-state index is 0.0170. The van der Waals surface area contributed by atoms with Gasteiger partial charge in [-0.1, -0.05) is 142 Å². The molecule has 0 radical (unpaired) electrons. The number of hydrogen-bond acceptors (Lipinski definition) is 11. The normalized spacial score (nSPS) is 15.5. The topological polar surface area (TPSA) is 216 Å². The Morgan fingerprint density at radius 3 is 1.42 bits per heavy atom. The SMILES string of the molecule is CC/C=C\C/C=C\C/C=C\C/C=C\C/C=C\C/C=C\CCC(=O)OC[C@H](COP(=O)(O)OC[C@@H](O)COP(=O)(O)O)OC(=O)CCC/C=C\C/C=C\C/C=C\C/C=C\CC(O)CCC. The van der Waals surface area contributed by atoms with Crippen molar-refractivity contribution in [1.82, 2.24) is 0 Å². The zero-order chi connectivity index (χ0) is 47.4. The number of unbranched alkanes of at least 4 members (excludes halogenated alkanes) is 1. The van der Waals surface area contributed by atoms with E-state index in [1.165, 1.54) is 0 Å². The van der Waals surface area contributed by atoms with E-state index in [9.17, 15) is 33.8 Å². The molecule has 0 aromatic carbocycles. The van der Waals surface area contributed by atoms with Crippen molar-refractivity contribution in [2.45, 2.75) is 141 Å². The molecule has 362 valence electrons. The van der Waals surface area contributed by atoms with Crippen LogP contribution < -0.4 is 0 Å². The lowest BCUT2D eigenvalue weighted by Gasteiger charge is -2.20. The lowest BCUT2D eigenvalue weighted by Crippen LogP contribution is -2.29. The molecule has 0 bridgehead atoms. The van der Waals surface area contributed by atoms with Crippen LogP contribution >= 0.6 is 15.6 Å². The Morgan fingerprint density at radius 1 is 0.500 bits per heavy atom. The third kappa shape index (κ3) is 45.1. The number of ether oxygens (including phenoxy) is 2. The quantitative estimate of drug-likeness (QED) is 0.0167. The second kappa shape index (κ2) is 42.1. The van der Waals surface area contributed by atoms with Crippen molar-refractivity contribution < 1.29 is 66.7 Å². The first-order chi connectivity index (χ1) is 30.8. The molecule has 0 spiro atoms. The van der Waals surface area contributed by atoms with E-state index in [2.05, 4.69) is 102 Å². The van der Waals surface area contributed by atoms with Gasteiger partial charge in [-0.15, -0.1) is 0 Å². The maximum atomic E-state index is 12.7. The molecule has 2 unspecified atom stereocenters. The van der Waals surface area contributed by atoms with E-state index in [1.807, 2.05) is 42.5 Å². The molecule has 0 aliphatic rings. The number of carbonyl (C=O) groups excluding carboxylic acids is 2. The molecule has 16 heteroatoms. The van der Waals surface area contributed by atoms with Crippen LogP contribution in [0.4, 0.5) is 0 Å². The average molecular weight is 939 g/mol. The zero-order valence-corrected chi connectivity index (χ0v) is 39.7. The minimum Gasteiger partial charge on any atom is -0.462 e. The van der Waals surface area contributed by atoms with Crippen LogP contribution in [0.2, 0.25) is 0 Å². The Morgan fingerprint density at radius 2 is 0.938 bits per heavy atom. The van der Waals surface area contributed by atoms with E-state index in [1.54, 1.807) is 0 Å². The molecular weight excluding hydrogens is 862 g/mol. The van der Waals surface area contributed by atoms with Crippen molar-refractivity contribution in [3.8, 4) is 0 Å². The second-order valence-electron chi connectivity index (χ2n) is 14.4. The van der Waals surface area contributed by atoms with Gasteiger partial charge in [0.1, 0.15) is 12.7 Å². The van der Waals surface area contributed by atoms with Crippen LogP contribution in [-0.4, -0.2) is 81.6 Å². The smallest absolute Gasteiger partial charge is 0.462 e. The van der Waals surface area contributed by atoms with E-state index >= 15 is 0 Å². The fourth-order valence-corrected chi connectivity index (χ4v) is 6.24. The number of allylic oxidation sites excluding steroid dienone is 19. The first kappa shape index (κ1) is 60.5. The predicted molar refractivity (Wildman–Crippen MR) is 254 cm³/mol. The standard InChI is InChI=1S/C48H76O14P2/c1-3-5-6-7-8-9-10-11-12-13-14-15-16-19-22-25-28-31-34-38-47(51)58-42-46(43-61-64(56,57)60-41-45(50)40-59-63(53,54)55)62-48(52)39-35-32-29-26-23-20-17-18-21-24-27-30-33-37-44(49)36-4-2/h5-6,8-9,11-12,14-15,17,19-22,24,26,28-31,33,44-46,49-50H,3-4,7,10,13,16,18,23,25,27,32,34-43H2,1-2H3,(H,56,57)(H2,53,54,55)/b6-5-,9-8-,12-11-,15-14-,20-17-,22-19-,24-21-,29-26-,31-28-,33-30-/t44?,45-,46+/m0/s1. The number of rotatable bonds is 40. The summed E-state index contributed by atoms with van der Waals surface area (Å²) < 4.78 is 47.6. The highest BCUT2D eigenvalue weighted by Crippen LogP contribution is 2.43. The third-order valence-electron chi connectivity index (χ3n) is 8.39. The van der Waals surface area contributed by atoms with Crippen molar-refractivity contribution in [2.75, 3.05) is 26.4 Å². The molecule has 0 aromatic rings. The van der Waals surface area contributed by atoms with Crippen molar-refractivity contribution in [2.24, 2.45) is 0 Å². The predicted octanol–water partition coefficient (Wildman–Crippen LogP) is 10.6. The summed E-state index contributed by atoms with van der Waals surface area (Å²) in [7, 11) is -9.75. The van der Waals surface area contributed by atoms with Gasteiger partial charge in [-0.05, 0) is 89.9 Å². The first-order valence-electron chi connectivity index (χ1n) is 22.3. The number of phosphoric ester groups is 2. The van der Waals surface area contributed by atoms with Gasteiger partial charge in [0, 0.05) is 12.8 Å². The minimum atomic E-state index is -4.89. The van der Waals surface area contributed by atoms with Gasteiger partial charge in [0.15, 0.2) is 6.10 Å². The summed E-state index contributed by atoms with van der Waals surface area (Å²) in [5.74, 6) is -1.23. The number of aliphatic hydroxyl groups is 2.